The average molecular weight is 259 g/mol. The van der Waals surface area contributed by atoms with Crippen molar-refractivity contribution >= 4 is 10.9 Å². The van der Waals surface area contributed by atoms with Gasteiger partial charge in [0, 0.05) is 38.4 Å². The minimum absolute atomic E-state index is 0. The third kappa shape index (κ3) is 1.47. The molecule has 1 nitrogen and oxygen atoms in total. The molecular formula is C12H12NY-. The summed E-state index contributed by atoms with van der Waals surface area (Å²) < 4.78 is 0. The molecule has 0 amide bonds. The first-order valence-electron chi connectivity index (χ1n) is 4.86. The van der Waals surface area contributed by atoms with Crippen LogP contribution in [0.2, 0.25) is 0 Å². The summed E-state index contributed by atoms with van der Waals surface area (Å²) in [5, 5.41) is 1.39. The molecule has 1 aromatic carbocycles. The summed E-state index contributed by atoms with van der Waals surface area (Å²) in [4.78, 5) is 3.50. The van der Waals surface area contributed by atoms with Crippen molar-refractivity contribution < 1.29 is 32.7 Å². The standard InChI is InChI=1S/C12H12N.Y/c1-8-5-6-10-9-3-2-4-11(9)13-12(10)7-8;/h6-7,13H,2-4H2,1H3;/q-1;. The summed E-state index contributed by atoms with van der Waals surface area (Å²) in [6.07, 6.45) is 3.78. The van der Waals surface area contributed by atoms with Gasteiger partial charge in [0.05, 0.1) is 0 Å². The first kappa shape index (κ1) is 10.4. The predicted molar refractivity (Wildman–Crippen MR) is 53.9 cm³/mol. The fourth-order valence-electron chi connectivity index (χ4n) is 2.29. The van der Waals surface area contributed by atoms with Gasteiger partial charge >= 0.3 is 0 Å². The molecule has 1 aliphatic carbocycles. The van der Waals surface area contributed by atoms with Crippen molar-refractivity contribution in [3.63, 3.8) is 0 Å². The van der Waals surface area contributed by atoms with Gasteiger partial charge in [-0.2, -0.15) is 17.7 Å². The van der Waals surface area contributed by atoms with Crippen LogP contribution in [0.5, 0.6) is 0 Å². The topological polar surface area (TPSA) is 15.8 Å². The summed E-state index contributed by atoms with van der Waals surface area (Å²) in [5.74, 6) is 0. The van der Waals surface area contributed by atoms with Crippen LogP contribution in [0.3, 0.4) is 0 Å². The van der Waals surface area contributed by atoms with Crippen LogP contribution in [0.25, 0.3) is 10.9 Å². The van der Waals surface area contributed by atoms with Crippen LogP contribution in [-0.4, -0.2) is 4.98 Å². The monoisotopic (exact) mass is 259 g/mol. The number of aromatic amines is 1. The molecule has 14 heavy (non-hydrogen) atoms. The summed E-state index contributed by atoms with van der Waals surface area (Å²) in [5.41, 5.74) is 5.49. The Labute approximate surface area is 109 Å². The normalized spacial score (nSPS) is 14.1. The molecule has 0 saturated carbocycles. The summed E-state index contributed by atoms with van der Waals surface area (Å²) in [6.45, 7) is 2.09. The Kier molecular flexibility index (Phi) is 2.81. The molecule has 2 heteroatoms. The molecule has 2 aromatic rings. The van der Waals surface area contributed by atoms with Crippen molar-refractivity contribution in [2.45, 2.75) is 26.2 Å². The van der Waals surface area contributed by atoms with Gasteiger partial charge in [-0.1, -0.05) is 18.0 Å². The Morgan fingerprint density at radius 1 is 1.36 bits per heavy atom. The first-order chi connectivity index (χ1) is 6.34. The van der Waals surface area contributed by atoms with Gasteiger partial charge in [-0.3, -0.25) is 0 Å². The maximum Gasteiger partial charge on any atom is 0.00493 e. The third-order valence-corrected chi connectivity index (χ3v) is 2.92. The maximum atomic E-state index is 3.50. The van der Waals surface area contributed by atoms with E-state index in [2.05, 4.69) is 30.1 Å². The Bertz CT molecular complexity index is 470. The molecule has 0 saturated heterocycles. The van der Waals surface area contributed by atoms with E-state index in [1.165, 1.54) is 47.0 Å². The maximum absolute atomic E-state index is 3.50. The average Bonchev–Trinajstić information content (AvgIpc) is 2.62. The van der Waals surface area contributed by atoms with Crippen LogP contribution in [0.15, 0.2) is 12.1 Å². The number of nitrogens with one attached hydrogen (secondary N) is 1. The minimum Gasteiger partial charge on any atom is -0.382 e. The third-order valence-electron chi connectivity index (χ3n) is 2.92. The van der Waals surface area contributed by atoms with Crippen LogP contribution in [0.4, 0.5) is 0 Å². The predicted octanol–water partition coefficient (Wildman–Crippen LogP) is 2.76. The molecule has 0 fully saturated rings. The molecule has 69 valence electrons. The van der Waals surface area contributed by atoms with E-state index in [0.717, 1.165) is 0 Å². The molecule has 3 rings (SSSR count). The summed E-state index contributed by atoms with van der Waals surface area (Å²) in [7, 11) is 0. The number of H-pyrrole nitrogens is 1. The fourth-order valence-corrected chi connectivity index (χ4v) is 2.29. The van der Waals surface area contributed by atoms with Crippen molar-refractivity contribution in [3.05, 3.63) is 35.0 Å². The zero-order valence-corrected chi connectivity index (χ0v) is 11.2. The number of fused-ring (bicyclic) bond motifs is 3. The van der Waals surface area contributed by atoms with Gasteiger partial charge in [-0.25, -0.2) is 0 Å². The van der Waals surface area contributed by atoms with E-state index in [0.29, 0.717) is 0 Å². The number of hydrogen-bond donors (Lipinski definition) is 1. The molecule has 0 unspecified atom stereocenters. The molecule has 0 spiro atoms. The Hall–Kier alpha value is -0.136. The number of aromatic nitrogens is 1. The van der Waals surface area contributed by atoms with Gasteiger partial charge in [0.25, 0.3) is 0 Å². The second-order valence-electron chi connectivity index (χ2n) is 3.88. The van der Waals surface area contributed by atoms with Crippen LogP contribution >= 0.6 is 0 Å². The van der Waals surface area contributed by atoms with Crippen molar-refractivity contribution in [2.75, 3.05) is 0 Å². The van der Waals surface area contributed by atoms with E-state index < -0.39 is 0 Å². The largest absolute Gasteiger partial charge is 0.382 e. The molecule has 0 atom stereocenters. The molecule has 1 N–H and O–H groups in total. The van der Waals surface area contributed by atoms with Crippen LogP contribution < -0.4 is 0 Å². The number of rotatable bonds is 0. The zero-order chi connectivity index (χ0) is 8.84. The second kappa shape index (κ2) is 3.79. The van der Waals surface area contributed by atoms with Crippen molar-refractivity contribution in [1.29, 1.82) is 0 Å². The molecule has 0 bridgehead atoms. The molecular weight excluding hydrogens is 247 g/mol. The quantitative estimate of drug-likeness (QED) is 0.700. The van der Waals surface area contributed by atoms with Gasteiger partial charge in [-0.05, 0) is 19.3 Å². The SMILES string of the molecule is Cc1[c-]cc2c3c([nH]c2c1)CCC3.[Y]. The van der Waals surface area contributed by atoms with E-state index in [1.807, 2.05) is 0 Å². The Balaban J connectivity index is 0.000000750. The fraction of sp³-hybridized carbons (Fsp3) is 0.333. The van der Waals surface area contributed by atoms with E-state index in [4.69, 9.17) is 0 Å². The smallest absolute Gasteiger partial charge is 0.00493 e. The molecule has 1 aromatic heterocycles. The van der Waals surface area contributed by atoms with Gasteiger partial charge in [-0.15, -0.1) is 11.5 Å². The number of hydrogen-bond acceptors (Lipinski definition) is 0. The molecule has 1 aliphatic rings. The van der Waals surface area contributed by atoms with Crippen molar-refractivity contribution in [3.8, 4) is 0 Å². The minimum atomic E-state index is 0. The molecule has 0 aliphatic heterocycles. The van der Waals surface area contributed by atoms with Crippen LogP contribution in [0, 0.1) is 13.0 Å². The Morgan fingerprint density at radius 3 is 3.07 bits per heavy atom. The van der Waals surface area contributed by atoms with Crippen LogP contribution in [-0.2, 0) is 45.6 Å². The number of benzene rings is 1. The van der Waals surface area contributed by atoms with Crippen molar-refractivity contribution in [2.24, 2.45) is 0 Å². The number of aryl methyl sites for hydroxylation is 3. The summed E-state index contributed by atoms with van der Waals surface area (Å²) in [6, 6.07) is 7.59. The van der Waals surface area contributed by atoms with Gasteiger partial charge in [0.15, 0.2) is 0 Å². The molecule has 1 radical (unpaired) electrons. The van der Waals surface area contributed by atoms with E-state index in [-0.39, 0.29) is 32.7 Å². The summed E-state index contributed by atoms with van der Waals surface area (Å²) >= 11 is 0. The van der Waals surface area contributed by atoms with E-state index in [1.54, 1.807) is 0 Å². The van der Waals surface area contributed by atoms with Gasteiger partial charge in [0.2, 0.25) is 0 Å². The Morgan fingerprint density at radius 2 is 2.21 bits per heavy atom. The van der Waals surface area contributed by atoms with Crippen molar-refractivity contribution in [1.82, 2.24) is 4.98 Å². The van der Waals surface area contributed by atoms with Gasteiger partial charge < -0.3 is 4.98 Å². The zero-order valence-electron chi connectivity index (χ0n) is 8.35. The van der Waals surface area contributed by atoms with Gasteiger partial charge in [0.1, 0.15) is 0 Å². The van der Waals surface area contributed by atoms with Crippen LogP contribution in [0.1, 0.15) is 23.2 Å². The van der Waals surface area contributed by atoms with E-state index in [9.17, 15) is 0 Å². The molecule has 1 heterocycles. The second-order valence-corrected chi connectivity index (χ2v) is 3.88. The first-order valence-corrected chi connectivity index (χ1v) is 4.86. The van der Waals surface area contributed by atoms with E-state index >= 15 is 0 Å².